The van der Waals surface area contributed by atoms with E-state index in [2.05, 4.69) is 12.2 Å². The summed E-state index contributed by atoms with van der Waals surface area (Å²) in [7, 11) is 1.76. The molecule has 2 aromatic rings. The SMILES string of the molecule is CC(Cc1ccc2c(c1)N(C)C(=O)CO2)NCC(O)c1cccc(Cl)c1. The van der Waals surface area contributed by atoms with E-state index in [4.69, 9.17) is 16.3 Å². The fraction of sp³-hybridized carbons (Fsp3) is 0.350. The van der Waals surface area contributed by atoms with Crippen molar-refractivity contribution >= 4 is 23.2 Å². The van der Waals surface area contributed by atoms with Gasteiger partial charge in [0.05, 0.1) is 11.8 Å². The third kappa shape index (κ3) is 4.36. The Morgan fingerprint density at radius 1 is 1.31 bits per heavy atom. The lowest BCUT2D eigenvalue weighted by atomic mass is 10.0. The Balaban J connectivity index is 1.58. The van der Waals surface area contributed by atoms with Gasteiger partial charge in [-0.15, -0.1) is 0 Å². The first-order valence-corrected chi connectivity index (χ1v) is 9.01. The smallest absolute Gasteiger partial charge is 0.264 e. The van der Waals surface area contributed by atoms with Crippen LogP contribution in [0, 0.1) is 0 Å². The number of benzene rings is 2. The molecule has 2 unspecified atom stereocenters. The standard InChI is InChI=1S/C20H23ClN2O3/c1-13(22-11-18(24)15-4-3-5-16(21)10-15)8-14-6-7-19-17(9-14)23(2)20(25)12-26-19/h3-7,9-10,13,18,22,24H,8,11-12H2,1-2H3. The van der Waals surface area contributed by atoms with Gasteiger partial charge in [-0.2, -0.15) is 0 Å². The molecule has 3 rings (SSSR count). The number of likely N-dealkylation sites (N-methyl/N-ethyl adjacent to an activating group) is 1. The highest BCUT2D eigenvalue weighted by Crippen LogP contribution is 2.32. The Morgan fingerprint density at radius 3 is 2.88 bits per heavy atom. The summed E-state index contributed by atoms with van der Waals surface area (Å²) in [6.45, 7) is 2.59. The molecule has 0 aromatic heterocycles. The molecule has 0 aliphatic carbocycles. The number of hydrogen-bond acceptors (Lipinski definition) is 4. The first-order valence-electron chi connectivity index (χ1n) is 8.63. The number of halogens is 1. The average molecular weight is 375 g/mol. The van der Waals surface area contributed by atoms with Crippen molar-refractivity contribution in [3.63, 3.8) is 0 Å². The number of amides is 1. The summed E-state index contributed by atoms with van der Waals surface area (Å²) in [5.74, 6) is 0.679. The normalized spacial score (nSPS) is 16.0. The fourth-order valence-corrected chi connectivity index (χ4v) is 3.21. The topological polar surface area (TPSA) is 61.8 Å². The number of ether oxygens (including phenoxy) is 1. The summed E-state index contributed by atoms with van der Waals surface area (Å²) >= 11 is 5.97. The van der Waals surface area contributed by atoms with Gasteiger partial charge in [-0.1, -0.05) is 29.8 Å². The summed E-state index contributed by atoms with van der Waals surface area (Å²) < 4.78 is 5.45. The maximum absolute atomic E-state index is 11.8. The van der Waals surface area contributed by atoms with Crippen LogP contribution in [0.1, 0.15) is 24.2 Å². The van der Waals surface area contributed by atoms with Gasteiger partial charge in [0.15, 0.2) is 6.61 Å². The number of hydrogen-bond donors (Lipinski definition) is 2. The van der Waals surface area contributed by atoms with E-state index in [1.807, 2.05) is 30.3 Å². The van der Waals surface area contributed by atoms with Gasteiger partial charge in [0.1, 0.15) is 5.75 Å². The number of carbonyl (C=O) groups excluding carboxylic acids is 1. The van der Waals surface area contributed by atoms with Crippen LogP contribution in [0.5, 0.6) is 5.75 Å². The average Bonchev–Trinajstić information content (AvgIpc) is 2.63. The van der Waals surface area contributed by atoms with Gasteiger partial charge >= 0.3 is 0 Å². The predicted octanol–water partition coefficient (Wildman–Crippen LogP) is 2.95. The van der Waals surface area contributed by atoms with Gasteiger partial charge in [-0.05, 0) is 48.7 Å². The first-order chi connectivity index (χ1) is 12.4. The molecule has 0 radical (unpaired) electrons. The molecule has 5 nitrogen and oxygen atoms in total. The predicted molar refractivity (Wildman–Crippen MR) is 103 cm³/mol. The van der Waals surface area contributed by atoms with Crippen molar-refractivity contribution in [3.05, 3.63) is 58.6 Å². The Hall–Kier alpha value is -2.08. The van der Waals surface area contributed by atoms with E-state index in [0.717, 1.165) is 29.0 Å². The van der Waals surface area contributed by atoms with Crippen LogP contribution in [0.4, 0.5) is 5.69 Å². The van der Waals surface area contributed by atoms with Gasteiger partial charge in [0, 0.05) is 24.7 Å². The zero-order chi connectivity index (χ0) is 18.7. The molecule has 0 saturated carbocycles. The Bertz CT molecular complexity index is 796. The van der Waals surface area contributed by atoms with Crippen LogP contribution < -0.4 is 15.0 Å². The largest absolute Gasteiger partial charge is 0.482 e. The number of carbonyl (C=O) groups is 1. The molecular weight excluding hydrogens is 352 g/mol. The number of fused-ring (bicyclic) bond motifs is 1. The van der Waals surface area contributed by atoms with Crippen molar-refractivity contribution in [1.82, 2.24) is 5.32 Å². The highest BCUT2D eigenvalue weighted by atomic mass is 35.5. The number of nitrogens with zero attached hydrogens (tertiary/aromatic N) is 1. The van der Waals surface area contributed by atoms with E-state index in [9.17, 15) is 9.90 Å². The van der Waals surface area contributed by atoms with Crippen LogP contribution in [0.25, 0.3) is 0 Å². The molecule has 0 spiro atoms. The summed E-state index contributed by atoms with van der Waals surface area (Å²) in [6.07, 6.45) is 0.161. The van der Waals surface area contributed by atoms with Crippen molar-refractivity contribution < 1.29 is 14.6 Å². The van der Waals surface area contributed by atoms with Crippen LogP contribution in [0.15, 0.2) is 42.5 Å². The van der Waals surface area contributed by atoms with E-state index in [0.29, 0.717) is 11.6 Å². The molecule has 2 aromatic carbocycles. The second-order valence-corrected chi connectivity index (χ2v) is 7.06. The van der Waals surface area contributed by atoms with E-state index in [-0.39, 0.29) is 18.6 Å². The summed E-state index contributed by atoms with van der Waals surface area (Å²) in [4.78, 5) is 13.4. The van der Waals surface area contributed by atoms with Gasteiger partial charge in [0.25, 0.3) is 5.91 Å². The molecule has 1 aliphatic heterocycles. The van der Waals surface area contributed by atoms with E-state index >= 15 is 0 Å². The monoisotopic (exact) mass is 374 g/mol. The fourth-order valence-electron chi connectivity index (χ4n) is 3.02. The van der Waals surface area contributed by atoms with E-state index in [1.165, 1.54) is 0 Å². The number of nitrogens with one attached hydrogen (secondary N) is 1. The zero-order valence-corrected chi connectivity index (χ0v) is 15.7. The number of aliphatic hydroxyl groups excluding tert-OH is 1. The molecule has 0 bridgehead atoms. The molecule has 0 saturated heterocycles. The van der Waals surface area contributed by atoms with Gasteiger partial charge in [-0.3, -0.25) is 4.79 Å². The summed E-state index contributed by atoms with van der Waals surface area (Å²) in [5, 5.41) is 14.3. The third-order valence-electron chi connectivity index (χ3n) is 4.54. The highest BCUT2D eigenvalue weighted by molar-refractivity contribution is 6.30. The lowest BCUT2D eigenvalue weighted by Crippen LogP contribution is -2.35. The number of anilines is 1. The van der Waals surface area contributed by atoms with E-state index in [1.54, 1.807) is 24.1 Å². The summed E-state index contributed by atoms with van der Waals surface area (Å²) in [5.41, 5.74) is 2.69. The second-order valence-electron chi connectivity index (χ2n) is 6.63. The minimum absolute atomic E-state index is 0.0505. The second kappa shape index (κ2) is 8.08. The number of rotatable bonds is 6. The van der Waals surface area contributed by atoms with Crippen LogP contribution in [0.3, 0.4) is 0 Å². The Kier molecular flexibility index (Phi) is 5.81. The van der Waals surface area contributed by atoms with Crippen molar-refractivity contribution in [1.29, 1.82) is 0 Å². The van der Waals surface area contributed by atoms with Gasteiger partial charge < -0.3 is 20.1 Å². The molecule has 2 N–H and O–H groups in total. The maximum atomic E-state index is 11.8. The van der Waals surface area contributed by atoms with Crippen LogP contribution in [-0.2, 0) is 11.2 Å². The maximum Gasteiger partial charge on any atom is 0.264 e. The molecule has 1 aliphatic rings. The minimum atomic E-state index is -0.614. The van der Waals surface area contributed by atoms with Crippen LogP contribution in [-0.4, -0.2) is 37.3 Å². The van der Waals surface area contributed by atoms with Crippen LogP contribution >= 0.6 is 11.6 Å². The molecule has 26 heavy (non-hydrogen) atoms. The minimum Gasteiger partial charge on any atom is -0.482 e. The van der Waals surface area contributed by atoms with Crippen molar-refractivity contribution in [2.45, 2.75) is 25.5 Å². The quantitative estimate of drug-likeness (QED) is 0.816. The zero-order valence-electron chi connectivity index (χ0n) is 14.9. The van der Waals surface area contributed by atoms with Gasteiger partial charge in [0.2, 0.25) is 0 Å². The Labute approximate surface area is 158 Å². The molecule has 2 atom stereocenters. The molecule has 6 heteroatoms. The summed E-state index contributed by atoms with van der Waals surface area (Å²) in [6, 6.07) is 13.3. The van der Waals surface area contributed by atoms with Crippen molar-refractivity contribution in [3.8, 4) is 5.75 Å². The molecule has 1 heterocycles. The van der Waals surface area contributed by atoms with Crippen molar-refractivity contribution in [2.24, 2.45) is 0 Å². The van der Waals surface area contributed by atoms with Crippen LogP contribution in [0.2, 0.25) is 5.02 Å². The highest BCUT2D eigenvalue weighted by Gasteiger charge is 2.22. The first kappa shape index (κ1) is 18.7. The molecule has 1 amide bonds. The molecule has 138 valence electrons. The molecular formula is C20H23ClN2O3. The van der Waals surface area contributed by atoms with Crippen molar-refractivity contribution in [2.75, 3.05) is 25.1 Å². The third-order valence-corrected chi connectivity index (χ3v) is 4.78. The van der Waals surface area contributed by atoms with Gasteiger partial charge in [-0.25, -0.2) is 0 Å². The number of aliphatic hydroxyl groups is 1. The Morgan fingerprint density at radius 2 is 2.12 bits per heavy atom. The van der Waals surface area contributed by atoms with E-state index < -0.39 is 6.10 Å². The molecule has 0 fully saturated rings. The lowest BCUT2D eigenvalue weighted by molar-refractivity contribution is -0.120. The lowest BCUT2D eigenvalue weighted by Gasteiger charge is -2.26.